The lowest BCUT2D eigenvalue weighted by Gasteiger charge is -2.26. The number of fused-ring (bicyclic) bond motifs is 1. The van der Waals surface area contributed by atoms with Crippen molar-refractivity contribution < 1.29 is 9.32 Å². The Kier molecular flexibility index (Phi) is 6.78. The summed E-state index contributed by atoms with van der Waals surface area (Å²) in [5.41, 5.74) is 7.29. The van der Waals surface area contributed by atoms with Gasteiger partial charge in [-0.05, 0) is 24.8 Å². The van der Waals surface area contributed by atoms with Gasteiger partial charge in [-0.15, -0.1) is 0 Å². The number of nitrogens with one attached hydrogen (secondary N) is 1. The van der Waals surface area contributed by atoms with Gasteiger partial charge in [-0.1, -0.05) is 63.2 Å². The van der Waals surface area contributed by atoms with E-state index in [9.17, 15) is 14.4 Å². The molecule has 0 saturated heterocycles. The minimum Gasteiger partial charge on any atom is -0.383 e. The number of carbonyl (C=O) groups excluding carboxylic acids is 1. The topological polar surface area (TPSA) is 140 Å². The molecule has 1 amide bonds. The molecule has 0 bridgehead atoms. The first-order chi connectivity index (χ1) is 17.1. The number of carbonyl (C=O) groups is 1. The highest BCUT2D eigenvalue weighted by Crippen LogP contribution is 2.30. The molecule has 0 saturated carbocycles. The number of nitrogens with zero attached hydrogens (tertiary/aromatic N) is 4. The van der Waals surface area contributed by atoms with Crippen molar-refractivity contribution in [3.8, 4) is 11.3 Å². The summed E-state index contributed by atoms with van der Waals surface area (Å²) in [5, 5.41) is 4.47. The predicted octanol–water partition coefficient (Wildman–Crippen LogP) is 3.59. The fourth-order valence-corrected chi connectivity index (χ4v) is 4.19. The van der Waals surface area contributed by atoms with Gasteiger partial charge in [0.25, 0.3) is 17.2 Å². The van der Waals surface area contributed by atoms with Crippen LogP contribution in [0.3, 0.4) is 0 Å². The normalized spacial score (nSPS) is 11.5. The van der Waals surface area contributed by atoms with E-state index in [1.54, 1.807) is 13.0 Å². The third-order valence-corrected chi connectivity index (χ3v) is 5.74. The summed E-state index contributed by atoms with van der Waals surface area (Å²) in [6.45, 7) is 9.93. The fraction of sp³-hybridized carbons (Fsp3) is 0.346. The summed E-state index contributed by atoms with van der Waals surface area (Å²) in [5.74, 6) is -0.438. The number of benzene rings is 1. The minimum atomic E-state index is -0.720. The largest absolute Gasteiger partial charge is 0.383 e. The van der Waals surface area contributed by atoms with Gasteiger partial charge in [-0.3, -0.25) is 19.1 Å². The summed E-state index contributed by atoms with van der Waals surface area (Å²) in [4.78, 5) is 48.0. The summed E-state index contributed by atoms with van der Waals surface area (Å²) in [6, 6.07) is 11.1. The van der Waals surface area contributed by atoms with Crippen LogP contribution in [0.2, 0.25) is 0 Å². The Bertz CT molecular complexity index is 1530. The van der Waals surface area contributed by atoms with E-state index < -0.39 is 17.2 Å². The van der Waals surface area contributed by atoms with E-state index in [4.69, 9.17) is 10.3 Å². The number of rotatable bonds is 7. The monoisotopic (exact) mass is 490 g/mol. The highest BCUT2D eigenvalue weighted by Gasteiger charge is 2.29. The standard InChI is InChI=1S/C26H30N6O4/c1-14(2)12-31(21-22(27)32(13-15(3)4)26(35)29-23(21)33)25(34)18-11-19(17-9-7-6-8-10-17)28-24-20(18)16(5)30-36-24/h6-11,14-15H,12-13,27H2,1-5H3,(H,29,33,35). The molecule has 3 aromatic heterocycles. The van der Waals surface area contributed by atoms with Crippen molar-refractivity contribution in [3.05, 3.63) is 68.5 Å². The lowest BCUT2D eigenvalue weighted by atomic mass is 10.0. The molecule has 0 aliphatic heterocycles. The van der Waals surface area contributed by atoms with Crippen molar-refractivity contribution in [1.82, 2.24) is 19.7 Å². The first-order valence-corrected chi connectivity index (χ1v) is 11.8. The molecule has 0 fully saturated rings. The second kappa shape index (κ2) is 9.80. The van der Waals surface area contributed by atoms with Gasteiger partial charge in [0.1, 0.15) is 5.82 Å². The maximum Gasteiger partial charge on any atom is 0.330 e. The van der Waals surface area contributed by atoms with Crippen molar-refractivity contribution in [3.63, 3.8) is 0 Å². The van der Waals surface area contributed by atoms with Crippen LogP contribution in [0.1, 0.15) is 43.7 Å². The first kappa shape index (κ1) is 24.9. The second-order valence-corrected chi connectivity index (χ2v) is 9.68. The molecular weight excluding hydrogens is 460 g/mol. The van der Waals surface area contributed by atoms with Crippen LogP contribution in [0, 0.1) is 18.8 Å². The lowest BCUT2D eigenvalue weighted by molar-refractivity contribution is 0.0985. The van der Waals surface area contributed by atoms with E-state index in [0.29, 0.717) is 23.3 Å². The molecular formula is C26H30N6O4. The highest BCUT2D eigenvalue weighted by atomic mass is 16.5. The average Bonchev–Trinajstić information content (AvgIpc) is 3.21. The van der Waals surface area contributed by atoms with E-state index in [0.717, 1.165) is 5.56 Å². The summed E-state index contributed by atoms with van der Waals surface area (Å²) < 4.78 is 6.72. The second-order valence-electron chi connectivity index (χ2n) is 9.68. The average molecular weight is 491 g/mol. The van der Waals surface area contributed by atoms with Gasteiger partial charge >= 0.3 is 5.69 Å². The van der Waals surface area contributed by atoms with Gasteiger partial charge in [0.2, 0.25) is 0 Å². The van der Waals surface area contributed by atoms with Crippen LogP contribution in [0.15, 0.2) is 50.5 Å². The third kappa shape index (κ3) is 4.66. The number of nitrogens with two attached hydrogens (primary N) is 1. The molecule has 3 heterocycles. The van der Waals surface area contributed by atoms with Gasteiger partial charge in [0.05, 0.1) is 22.3 Å². The van der Waals surface area contributed by atoms with Gasteiger partial charge < -0.3 is 15.2 Å². The molecule has 10 heteroatoms. The Morgan fingerprint density at radius 3 is 2.47 bits per heavy atom. The van der Waals surface area contributed by atoms with Crippen LogP contribution in [0.5, 0.6) is 0 Å². The van der Waals surface area contributed by atoms with Crippen molar-refractivity contribution >= 4 is 28.5 Å². The fourth-order valence-electron chi connectivity index (χ4n) is 4.19. The van der Waals surface area contributed by atoms with E-state index in [2.05, 4.69) is 15.1 Å². The Hall–Kier alpha value is -4.21. The minimum absolute atomic E-state index is 0.00674. The molecule has 188 valence electrons. The molecule has 4 aromatic rings. The number of hydrogen-bond acceptors (Lipinski definition) is 7. The van der Waals surface area contributed by atoms with Crippen LogP contribution >= 0.6 is 0 Å². The SMILES string of the molecule is Cc1noc2nc(-c3ccccc3)cc(C(=O)N(CC(C)C)c3c(N)n(CC(C)C)c(=O)[nH]c3=O)c12. The number of hydrogen-bond donors (Lipinski definition) is 2. The Balaban J connectivity index is 1.95. The van der Waals surface area contributed by atoms with Gasteiger partial charge in [0, 0.05) is 18.7 Å². The zero-order chi connectivity index (χ0) is 26.1. The Morgan fingerprint density at radius 2 is 1.83 bits per heavy atom. The van der Waals surface area contributed by atoms with E-state index in [-0.39, 0.29) is 41.2 Å². The maximum atomic E-state index is 14.2. The summed E-state index contributed by atoms with van der Waals surface area (Å²) in [7, 11) is 0. The number of amides is 1. The van der Waals surface area contributed by atoms with Gasteiger partial charge in [-0.25, -0.2) is 9.78 Å². The van der Waals surface area contributed by atoms with Gasteiger partial charge in [-0.2, -0.15) is 0 Å². The zero-order valence-corrected chi connectivity index (χ0v) is 21.0. The molecule has 3 N–H and O–H groups in total. The van der Waals surface area contributed by atoms with E-state index in [1.165, 1.54) is 9.47 Å². The molecule has 36 heavy (non-hydrogen) atoms. The number of aromatic amines is 1. The molecule has 0 aliphatic carbocycles. The van der Waals surface area contributed by atoms with Gasteiger partial charge in [0.15, 0.2) is 5.69 Å². The quantitative estimate of drug-likeness (QED) is 0.403. The number of anilines is 2. The highest BCUT2D eigenvalue weighted by molar-refractivity contribution is 6.14. The van der Waals surface area contributed by atoms with Crippen molar-refractivity contribution in [1.29, 1.82) is 0 Å². The van der Waals surface area contributed by atoms with Crippen LogP contribution in [0.4, 0.5) is 11.5 Å². The molecule has 0 atom stereocenters. The molecule has 0 spiro atoms. The number of nitrogen functional groups attached to an aromatic ring is 1. The predicted molar refractivity (Wildman–Crippen MR) is 139 cm³/mol. The molecule has 10 nitrogen and oxygen atoms in total. The third-order valence-electron chi connectivity index (χ3n) is 5.74. The smallest absolute Gasteiger partial charge is 0.330 e. The lowest BCUT2D eigenvalue weighted by Crippen LogP contribution is -2.43. The Labute approximate surface area is 207 Å². The first-order valence-electron chi connectivity index (χ1n) is 11.8. The van der Waals surface area contributed by atoms with Crippen molar-refractivity contribution in [2.24, 2.45) is 11.8 Å². The van der Waals surface area contributed by atoms with Crippen molar-refractivity contribution in [2.75, 3.05) is 17.2 Å². The molecule has 0 unspecified atom stereocenters. The molecule has 0 radical (unpaired) electrons. The number of H-pyrrole nitrogens is 1. The molecule has 4 rings (SSSR count). The summed E-state index contributed by atoms with van der Waals surface area (Å²) in [6.07, 6.45) is 0. The zero-order valence-electron chi connectivity index (χ0n) is 21.0. The number of pyridine rings is 1. The van der Waals surface area contributed by atoms with Crippen LogP contribution in [0.25, 0.3) is 22.4 Å². The van der Waals surface area contributed by atoms with E-state index >= 15 is 0 Å². The molecule has 1 aromatic carbocycles. The molecule has 0 aliphatic rings. The van der Waals surface area contributed by atoms with Crippen molar-refractivity contribution in [2.45, 2.75) is 41.2 Å². The number of aromatic nitrogens is 4. The van der Waals surface area contributed by atoms with Crippen LogP contribution in [-0.4, -0.2) is 32.1 Å². The van der Waals surface area contributed by atoms with Crippen LogP contribution < -0.4 is 21.9 Å². The maximum absolute atomic E-state index is 14.2. The Morgan fingerprint density at radius 1 is 1.14 bits per heavy atom. The number of aryl methyl sites for hydroxylation is 1. The van der Waals surface area contributed by atoms with Crippen LogP contribution in [-0.2, 0) is 6.54 Å². The van der Waals surface area contributed by atoms with E-state index in [1.807, 2.05) is 58.0 Å². The summed E-state index contributed by atoms with van der Waals surface area (Å²) >= 11 is 0.